The molecule has 0 spiro atoms. The monoisotopic (exact) mass is 142 g/mol. The molecular formula is C10H6O. The van der Waals surface area contributed by atoms with Crippen molar-refractivity contribution < 1.29 is 4.74 Å². The zero-order chi connectivity index (χ0) is 7.26. The van der Waals surface area contributed by atoms with Crippen LogP contribution in [0.5, 0.6) is 5.75 Å². The lowest BCUT2D eigenvalue weighted by Crippen LogP contribution is -1.91. The Balaban J connectivity index is 2.28. The van der Waals surface area contributed by atoms with Gasteiger partial charge < -0.3 is 4.74 Å². The van der Waals surface area contributed by atoms with Crippen LogP contribution in [0.25, 0.3) is 5.57 Å². The van der Waals surface area contributed by atoms with Gasteiger partial charge in [-0.3, -0.25) is 0 Å². The molecule has 1 nitrogen and oxygen atoms in total. The summed E-state index contributed by atoms with van der Waals surface area (Å²) in [5, 5.41) is 0. The Morgan fingerprint density at radius 3 is 3.00 bits per heavy atom. The summed E-state index contributed by atoms with van der Waals surface area (Å²) in [4.78, 5) is 0. The van der Waals surface area contributed by atoms with E-state index in [9.17, 15) is 0 Å². The number of benzene rings is 1. The maximum Gasteiger partial charge on any atom is 0.134 e. The van der Waals surface area contributed by atoms with Crippen LogP contribution >= 0.6 is 0 Å². The Labute approximate surface area is 64.6 Å². The average molecular weight is 142 g/mol. The van der Waals surface area contributed by atoms with E-state index in [2.05, 4.69) is 12.1 Å². The Hall–Kier alpha value is -1.50. The first-order chi connectivity index (χ1) is 5.45. The predicted octanol–water partition coefficient (Wildman–Crippen LogP) is 2.36. The van der Waals surface area contributed by atoms with Gasteiger partial charge in [-0.2, -0.15) is 0 Å². The molecule has 1 aliphatic carbocycles. The highest BCUT2D eigenvalue weighted by molar-refractivity contribution is 5.99. The fourth-order valence-electron chi connectivity index (χ4n) is 1.37. The summed E-state index contributed by atoms with van der Waals surface area (Å²) in [6, 6.07) is 8.09. The minimum absolute atomic E-state index is 0.972. The summed E-state index contributed by atoms with van der Waals surface area (Å²) in [7, 11) is 0. The molecule has 11 heavy (non-hydrogen) atoms. The summed E-state index contributed by atoms with van der Waals surface area (Å²) in [6.45, 7) is 0. The lowest BCUT2D eigenvalue weighted by Gasteiger charge is -2.08. The molecule has 0 bridgehead atoms. The Morgan fingerprint density at radius 1 is 1.09 bits per heavy atom. The van der Waals surface area contributed by atoms with Crippen molar-refractivity contribution in [2.75, 3.05) is 0 Å². The van der Waals surface area contributed by atoms with Crippen LogP contribution in [-0.2, 0) is 0 Å². The first-order valence-corrected chi connectivity index (χ1v) is 3.63. The highest BCUT2D eigenvalue weighted by Gasteiger charge is 2.25. The maximum atomic E-state index is 5.36. The normalized spacial score (nSPS) is 17.1. The molecule has 2 aliphatic rings. The zero-order valence-corrected chi connectivity index (χ0v) is 5.87. The van der Waals surface area contributed by atoms with Crippen LogP contribution in [0.2, 0.25) is 0 Å². The molecule has 0 aromatic heterocycles. The summed E-state index contributed by atoms with van der Waals surface area (Å²) >= 11 is 0. The van der Waals surface area contributed by atoms with E-state index in [1.165, 1.54) is 16.7 Å². The summed E-state index contributed by atoms with van der Waals surface area (Å²) in [5.41, 5.74) is 3.81. The van der Waals surface area contributed by atoms with E-state index in [-0.39, 0.29) is 0 Å². The van der Waals surface area contributed by atoms with Gasteiger partial charge in [-0.05, 0) is 17.7 Å². The van der Waals surface area contributed by atoms with E-state index < -0.39 is 0 Å². The number of allylic oxidation sites excluding steroid dienone is 3. The van der Waals surface area contributed by atoms with E-state index in [0.29, 0.717) is 0 Å². The minimum Gasteiger partial charge on any atom is -0.464 e. The highest BCUT2D eigenvalue weighted by atomic mass is 16.5. The van der Waals surface area contributed by atoms with Gasteiger partial charge in [0.25, 0.3) is 0 Å². The largest absolute Gasteiger partial charge is 0.464 e. The quantitative estimate of drug-likeness (QED) is 0.540. The van der Waals surface area contributed by atoms with Gasteiger partial charge in [0, 0.05) is 11.1 Å². The predicted molar refractivity (Wildman–Crippen MR) is 43.1 cm³/mol. The van der Waals surface area contributed by atoms with Crippen molar-refractivity contribution in [3.8, 4) is 5.75 Å². The van der Waals surface area contributed by atoms with E-state index in [1.807, 2.05) is 18.2 Å². The molecule has 0 radical (unpaired) electrons. The number of hydrogen-bond acceptors (Lipinski definition) is 1. The Kier molecular flexibility index (Phi) is 0.737. The third-order valence-corrected chi connectivity index (χ3v) is 2.02. The van der Waals surface area contributed by atoms with Crippen molar-refractivity contribution in [2.24, 2.45) is 0 Å². The van der Waals surface area contributed by atoms with E-state index >= 15 is 0 Å². The number of rotatable bonds is 0. The Bertz CT molecular complexity index is 386. The van der Waals surface area contributed by atoms with Crippen molar-refractivity contribution in [1.82, 2.24) is 0 Å². The van der Waals surface area contributed by atoms with Crippen LogP contribution in [0, 0.1) is 0 Å². The molecule has 3 rings (SSSR count). The minimum atomic E-state index is 0.972. The standard InChI is InChI=1S/C10H6O/c1-2-4-10-8(3-1)9-5-7(9)6-11-10/h1-6H. The molecule has 0 atom stereocenters. The fourth-order valence-corrected chi connectivity index (χ4v) is 1.37. The third kappa shape index (κ3) is 0.598. The van der Waals surface area contributed by atoms with Crippen molar-refractivity contribution in [3.05, 3.63) is 47.7 Å². The second-order valence-electron chi connectivity index (χ2n) is 2.75. The van der Waals surface area contributed by atoms with Crippen LogP contribution in [0.3, 0.4) is 0 Å². The van der Waals surface area contributed by atoms with Crippen molar-refractivity contribution in [1.29, 1.82) is 0 Å². The molecule has 1 aliphatic heterocycles. The van der Waals surface area contributed by atoms with Gasteiger partial charge in [0.2, 0.25) is 0 Å². The van der Waals surface area contributed by atoms with Gasteiger partial charge >= 0.3 is 0 Å². The van der Waals surface area contributed by atoms with Crippen LogP contribution in [0.4, 0.5) is 0 Å². The molecule has 0 saturated carbocycles. The second-order valence-corrected chi connectivity index (χ2v) is 2.75. The van der Waals surface area contributed by atoms with E-state index in [0.717, 1.165) is 5.75 Å². The average Bonchev–Trinajstić information content (AvgIpc) is 2.83. The first kappa shape index (κ1) is 5.19. The molecule has 1 heteroatoms. The van der Waals surface area contributed by atoms with E-state index in [4.69, 9.17) is 4.74 Å². The molecule has 52 valence electrons. The summed E-state index contributed by atoms with van der Waals surface area (Å²) in [5.74, 6) is 0.972. The topological polar surface area (TPSA) is 9.23 Å². The lowest BCUT2D eigenvalue weighted by atomic mass is 10.1. The van der Waals surface area contributed by atoms with Gasteiger partial charge in [0.1, 0.15) is 5.75 Å². The SMILES string of the molecule is C1=C2C=C2c2ccccc2O1. The van der Waals surface area contributed by atoms with E-state index in [1.54, 1.807) is 6.26 Å². The molecule has 0 unspecified atom stereocenters. The Morgan fingerprint density at radius 2 is 2.00 bits per heavy atom. The number of fused-ring (bicyclic) bond motifs is 3. The lowest BCUT2D eigenvalue weighted by molar-refractivity contribution is 0.475. The maximum absolute atomic E-state index is 5.36. The molecule has 0 N–H and O–H groups in total. The van der Waals surface area contributed by atoms with Crippen molar-refractivity contribution >= 4 is 5.57 Å². The number of hydrogen-bond donors (Lipinski definition) is 0. The van der Waals surface area contributed by atoms with Crippen LogP contribution < -0.4 is 4.74 Å². The molecule has 1 aromatic rings. The summed E-state index contributed by atoms with van der Waals surface area (Å²) in [6.07, 6.45) is 3.93. The van der Waals surface area contributed by atoms with Crippen LogP contribution in [0.1, 0.15) is 5.56 Å². The van der Waals surface area contributed by atoms with Gasteiger partial charge in [0.05, 0.1) is 6.26 Å². The molecule has 0 amide bonds. The summed E-state index contributed by atoms with van der Waals surface area (Å²) < 4.78 is 5.36. The first-order valence-electron chi connectivity index (χ1n) is 3.63. The van der Waals surface area contributed by atoms with Gasteiger partial charge in [0.15, 0.2) is 0 Å². The van der Waals surface area contributed by atoms with Gasteiger partial charge in [-0.15, -0.1) is 0 Å². The smallest absolute Gasteiger partial charge is 0.134 e. The molecular weight excluding hydrogens is 136 g/mol. The third-order valence-electron chi connectivity index (χ3n) is 2.02. The number of para-hydroxylation sites is 1. The molecule has 0 fully saturated rings. The van der Waals surface area contributed by atoms with Gasteiger partial charge in [-0.25, -0.2) is 0 Å². The molecule has 1 heterocycles. The van der Waals surface area contributed by atoms with Crippen LogP contribution in [-0.4, -0.2) is 0 Å². The number of ether oxygens (including phenoxy) is 1. The fraction of sp³-hybridized carbons (Fsp3) is 0. The van der Waals surface area contributed by atoms with Gasteiger partial charge in [-0.1, -0.05) is 18.2 Å². The zero-order valence-electron chi connectivity index (χ0n) is 5.87. The van der Waals surface area contributed by atoms with Crippen molar-refractivity contribution in [3.63, 3.8) is 0 Å². The molecule has 0 saturated heterocycles. The van der Waals surface area contributed by atoms with Crippen LogP contribution in [0.15, 0.2) is 42.2 Å². The second kappa shape index (κ2) is 1.56. The molecule has 1 aromatic carbocycles. The van der Waals surface area contributed by atoms with Crippen molar-refractivity contribution in [2.45, 2.75) is 0 Å². The highest BCUT2D eigenvalue weighted by Crippen LogP contribution is 2.45.